The average Bonchev–Trinajstić information content (AvgIpc) is 2.50. The molecule has 5 heteroatoms. The number of carbonyl (C=O) groups excluding carboxylic acids is 1. The highest BCUT2D eigenvalue weighted by molar-refractivity contribution is 5.77. The zero-order chi connectivity index (χ0) is 15.2. The normalized spacial score (nSPS) is 11.3. The summed E-state index contributed by atoms with van der Waals surface area (Å²) in [6.07, 6.45) is -0.831. The van der Waals surface area contributed by atoms with Gasteiger partial charge in [0.15, 0.2) is 6.10 Å². The molecule has 2 aromatic rings. The Balaban J connectivity index is 1.95. The highest BCUT2D eigenvalue weighted by Gasteiger charge is 2.17. The van der Waals surface area contributed by atoms with Crippen molar-refractivity contribution in [1.82, 2.24) is 0 Å². The van der Waals surface area contributed by atoms with Crippen LogP contribution < -0.4 is 9.47 Å². The average molecular weight is 285 g/mol. The lowest BCUT2D eigenvalue weighted by molar-refractivity contribution is -0.141. The van der Waals surface area contributed by atoms with Gasteiger partial charge in [0.2, 0.25) is 0 Å². The Labute approximate surface area is 121 Å². The minimum absolute atomic E-state index is 0.247. The second-order valence-corrected chi connectivity index (χ2v) is 4.27. The van der Waals surface area contributed by atoms with Crippen LogP contribution in [0.5, 0.6) is 11.5 Å². The van der Waals surface area contributed by atoms with Gasteiger partial charge in [0, 0.05) is 0 Å². The summed E-state index contributed by atoms with van der Waals surface area (Å²) >= 11 is 0. The number of rotatable bonds is 4. The Morgan fingerprint density at radius 2 is 1.67 bits per heavy atom. The molecule has 1 atom stereocenters. The number of carbonyl (C=O) groups is 1. The second kappa shape index (κ2) is 6.53. The highest BCUT2D eigenvalue weighted by Crippen LogP contribution is 2.16. The van der Waals surface area contributed by atoms with Gasteiger partial charge in [0.25, 0.3) is 0 Å². The van der Waals surface area contributed by atoms with Gasteiger partial charge in [-0.05, 0) is 55.5 Å². The fourth-order valence-electron chi connectivity index (χ4n) is 1.56. The first-order chi connectivity index (χ1) is 10.1. The molecule has 21 heavy (non-hydrogen) atoms. The molecule has 0 amide bonds. The molecule has 0 aliphatic rings. The van der Waals surface area contributed by atoms with Gasteiger partial charge in [0.05, 0.1) is 11.6 Å². The van der Waals surface area contributed by atoms with Crippen LogP contribution in [0.2, 0.25) is 0 Å². The summed E-state index contributed by atoms with van der Waals surface area (Å²) in [5, 5.41) is 8.69. The topological polar surface area (TPSA) is 59.3 Å². The molecule has 0 saturated carbocycles. The summed E-state index contributed by atoms with van der Waals surface area (Å²) in [5.74, 6) is -0.295. The molecule has 4 nitrogen and oxygen atoms in total. The summed E-state index contributed by atoms with van der Waals surface area (Å²) in [5.41, 5.74) is 0.504. The maximum atomic E-state index is 12.7. The molecule has 0 fully saturated rings. The number of esters is 1. The third kappa shape index (κ3) is 4.05. The van der Waals surface area contributed by atoms with Crippen LogP contribution in [0.15, 0.2) is 48.5 Å². The van der Waals surface area contributed by atoms with Crippen LogP contribution in [0.4, 0.5) is 4.39 Å². The predicted octanol–water partition coefficient (Wildman–Crippen LogP) is 3.07. The number of ether oxygens (including phenoxy) is 2. The second-order valence-electron chi connectivity index (χ2n) is 4.27. The number of halogens is 1. The molecule has 0 spiro atoms. The van der Waals surface area contributed by atoms with E-state index in [2.05, 4.69) is 0 Å². The molecule has 0 aliphatic carbocycles. The standard InChI is InChI=1S/C16H12FNO3/c1-11(20-14-6-2-12(10-18)3-7-14)16(19)21-15-8-4-13(17)5-9-15/h2-9,11H,1H3/t11-/m0/s1. The first-order valence-electron chi connectivity index (χ1n) is 6.22. The van der Waals surface area contributed by atoms with Gasteiger partial charge < -0.3 is 9.47 Å². The van der Waals surface area contributed by atoms with Crippen molar-refractivity contribution in [2.45, 2.75) is 13.0 Å². The summed E-state index contributed by atoms with van der Waals surface area (Å²) in [6, 6.07) is 13.5. The third-order valence-corrected chi connectivity index (χ3v) is 2.66. The minimum atomic E-state index is -0.831. The molecule has 106 valence electrons. The quantitative estimate of drug-likeness (QED) is 0.640. The van der Waals surface area contributed by atoms with E-state index in [1.165, 1.54) is 24.3 Å². The van der Waals surface area contributed by atoms with Crippen LogP contribution in [0, 0.1) is 17.1 Å². The fraction of sp³-hybridized carbons (Fsp3) is 0.125. The molecule has 0 aliphatic heterocycles. The Bertz CT molecular complexity index is 659. The fourth-order valence-corrected chi connectivity index (χ4v) is 1.56. The van der Waals surface area contributed by atoms with Gasteiger partial charge >= 0.3 is 5.97 Å². The van der Waals surface area contributed by atoms with Crippen molar-refractivity contribution < 1.29 is 18.7 Å². The van der Waals surface area contributed by atoms with Gasteiger partial charge in [-0.3, -0.25) is 0 Å². The summed E-state index contributed by atoms with van der Waals surface area (Å²) in [4.78, 5) is 11.8. The van der Waals surface area contributed by atoms with Crippen LogP contribution in [0.25, 0.3) is 0 Å². The van der Waals surface area contributed by atoms with E-state index in [1.807, 2.05) is 6.07 Å². The van der Waals surface area contributed by atoms with E-state index in [1.54, 1.807) is 31.2 Å². The van der Waals surface area contributed by atoms with Crippen LogP contribution in [0.1, 0.15) is 12.5 Å². The molecule has 0 aromatic heterocycles. The van der Waals surface area contributed by atoms with E-state index < -0.39 is 17.9 Å². The largest absolute Gasteiger partial charge is 0.479 e. The maximum Gasteiger partial charge on any atom is 0.352 e. The Morgan fingerprint density at radius 1 is 1.10 bits per heavy atom. The number of nitrogens with zero attached hydrogens (tertiary/aromatic N) is 1. The molecule has 0 heterocycles. The van der Waals surface area contributed by atoms with E-state index in [4.69, 9.17) is 14.7 Å². The maximum absolute atomic E-state index is 12.7. The molecule has 0 N–H and O–H groups in total. The lowest BCUT2D eigenvalue weighted by Gasteiger charge is -2.13. The van der Waals surface area contributed by atoms with Crippen molar-refractivity contribution in [1.29, 1.82) is 5.26 Å². The molecular formula is C16H12FNO3. The van der Waals surface area contributed by atoms with Crippen LogP contribution in [-0.2, 0) is 4.79 Å². The Morgan fingerprint density at radius 3 is 2.24 bits per heavy atom. The van der Waals surface area contributed by atoms with E-state index in [0.29, 0.717) is 11.3 Å². The SMILES string of the molecule is C[C@H](Oc1ccc(C#N)cc1)C(=O)Oc1ccc(F)cc1. The van der Waals surface area contributed by atoms with Crippen molar-refractivity contribution >= 4 is 5.97 Å². The number of nitriles is 1. The molecular weight excluding hydrogens is 273 g/mol. The number of hydrogen-bond donors (Lipinski definition) is 0. The summed E-state index contributed by atoms with van der Waals surface area (Å²) < 4.78 is 23.2. The zero-order valence-corrected chi connectivity index (χ0v) is 11.2. The van der Waals surface area contributed by atoms with Crippen molar-refractivity contribution in [3.8, 4) is 17.6 Å². The van der Waals surface area contributed by atoms with Crippen molar-refractivity contribution in [3.63, 3.8) is 0 Å². The first-order valence-corrected chi connectivity index (χ1v) is 6.22. The Hall–Kier alpha value is -2.87. The number of hydrogen-bond acceptors (Lipinski definition) is 4. The van der Waals surface area contributed by atoms with Crippen molar-refractivity contribution in [3.05, 3.63) is 59.9 Å². The molecule has 2 aromatic carbocycles. The predicted molar refractivity (Wildman–Crippen MR) is 73.3 cm³/mol. The molecule has 0 saturated heterocycles. The lowest BCUT2D eigenvalue weighted by Crippen LogP contribution is -2.28. The monoisotopic (exact) mass is 285 g/mol. The summed E-state index contributed by atoms with van der Waals surface area (Å²) in [6.45, 7) is 1.55. The van der Waals surface area contributed by atoms with E-state index in [-0.39, 0.29) is 5.75 Å². The van der Waals surface area contributed by atoms with Gasteiger partial charge in [0.1, 0.15) is 17.3 Å². The van der Waals surface area contributed by atoms with Gasteiger partial charge in [-0.2, -0.15) is 5.26 Å². The summed E-state index contributed by atoms with van der Waals surface area (Å²) in [7, 11) is 0. The van der Waals surface area contributed by atoms with E-state index in [9.17, 15) is 9.18 Å². The molecule has 0 radical (unpaired) electrons. The van der Waals surface area contributed by atoms with Gasteiger partial charge in [-0.25, -0.2) is 9.18 Å². The third-order valence-electron chi connectivity index (χ3n) is 2.66. The van der Waals surface area contributed by atoms with Crippen LogP contribution >= 0.6 is 0 Å². The number of benzene rings is 2. The zero-order valence-electron chi connectivity index (χ0n) is 11.2. The minimum Gasteiger partial charge on any atom is -0.479 e. The molecule has 0 bridgehead atoms. The highest BCUT2D eigenvalue weighted by atomic mass is 19.1. The van der Waals surface area contributed by atoms with E-state index >= 15 is 0 Å². The van der Waals surface area contributed by atoms with Gasteiger partial charge in [-0.15, -0.1) is 0 Å². The van der Waals surface area contributed by atoms with E-state index in [0.717, 1.165) is 0 Å². The van der Waals surface area contributed by atoms with Crippen molar-refractivity contribution in [2.75, 3.05) is 0 Å². The molecule has 0 unspecified atom stereocenters. The van der Waals surface area contributed by atoms with Crippen LogP contribution in [0.3, 0.4) is 0 Å². The van der Waals surface area contributed by atoms with Gasteiger partial charge in [-0.1, -0.05) is 0 Å². The van der Waals surface area contributed by atoms with Crippen molar-refractivity contribution in [2.24, 2.45) is 0 Å². The smallest absolute Gasteiger partial charge is 0.352 e. The van der Waals surface area contributed by atoms with Crippen LogP contribution in [-0.4, -0.2) is 12.1 Å². The first kappa shape index (κ1) is 14.5. The molecule has 2 rings (SSSR count). The Kier molecular flexibility index (Phi) is 4.52. The lowest BCUT2D eigenvalue weighted by atomic mass is 10.2.